The van der Waals surface area contributed by atoms with Crippen molar-refractivity contribution >= 4 is 5.97 Å². The van der Waals surface area contributed by atoms with Crippen LogP contribution in [0.1, 0.15) is 16.1 Å². The molecule has 0 N–H and O–H groups in total. The largest absolute Gasteiger partial charge is 0.489 e. The van der Waals surface area contributed by atoms with E-state index >= 15 is 0 Å². The standard InChI is InChI=1S/C22H16FN3O3/c23-19-3-1-2-4-21(19)26-14-11-20(25-26)22(27)29-18-7-5-17(6-8-18)28-15-16-9-12-24-13-10-16/h1-14H,15H2. The molecule has 0 radical (unpaired) electrons. The van der Waals surface area contributed by atoms with Gasteiger partial charge in [0.25, 0.3) is 0 Å². The Balaban J connectivity index is 1.38. The summed E-state index contributed by atoms with van der Waals surface area (Å²) in [5, 5.41) is 4.09. The van der Waals surface area contributed by atoms with Gasteiger partial charge in [-0.05, 0) is 60.2 Å². The minimum atomic E-state index is -0.634. The molecule has 2 heterocycles. The van der Waals surface area contributed by atoms with E-state index in [1.807, 2.05) is 12.1 Å². The van der Waals surface area contributed by atoms with Crippen molar-refractivity contribution in [3.8, 4) is 17.2 Å². The fourth-order valence-corrected chi connectivity index (χ4v) is 2.61. The summed E-state index contributed by atoms with van der Waals surface area (Å²) in [7, 11) is 0. The fourth-order valence-electron chi connectivity index (χ4n) is 2.61. The van der Waals surface area contributed by atoms with Gasteiger partial charge < -0.3 is 9.47 Å². The van der Waals surface area contributed by atoms with Crippen LogP contribution in [0.5, 0.6) is 11.5 Å². The number of halogens is 1. The molecule has 0 amide bonds. The van der Waals surface area contributed by atoms with Crippen molar-refractivity contribution in [3.63, 3.8) is 0 Å². The molecule has 0 bridgehead atoms. The Hall–Kier alpha value is -4.00. The number of benzene rings is 2. The zero-order chi connectivity index (χ0) is 20.1. The minimum absolute atomic E-state index is 0.0752. The number of para-hydroxylation sites is 1. The molecule has 6 nitrogen and oxygen atoms in total. The summed E-state index contributed by atoms with van der Waals surface area (Å²) in [4.78, 5) is 16.3. The monoisotopic (exact) mass is 389 g/mol. The third-order valence-corrected chi connectivity index (χ3v) is 4.09. The first-order chi connectivity index (χ1) is 14.2. The van der Waals surface area contributed by atoms with Crippen LogP contribution in [-0.4, -0.2) is 20.7 Å². The van der Waals surface area contributed by atoms with E-state index in [4.69, 9.17) is 9.47 Å². The summed E-state index contributed by atoms with van der Waals surface area (Å²) in [6.45, 7) is 0.412. The second-order valence-corrected chi connectivity index (χ2v) is 6.10. The number of esters is 1. The molecule has 2 aromatic carbocycles. The molecule has 7 heteroatoms. The topological polar surface area (TPSA) is 66.2 Å². The third kappa shape index (κ3) is 4.47. The fraction of sp³-hybridized carbons (Fsp3) is 0.0455. The van der Waals surface area contributed by atoms with E-state index in [0.717, 1.165) is 5.56 Å². The molecule has 0 unspecified atom stereocenters. The molecule has 0 atom stereocenters. The van der Waals surface area contributed by atoms with Crippen molar-refractivity contribution in [1.82, 2.24) is 14.8 Å². The maximum atomic E-state index is 13.8. The van der Waals surface area contributed by atoms with Gasteiger partial charge in [-0.3, -0.25) is 4.98 Å². The lowest BCUT2D eigenvalue weighted by Gasteiger charge is -2.07. The average Bonchev–Trinajstić information content (AvgIpc) is 3.24. The molecule has 0 spiro atoms. The van der Waals surface area contributed by atoms with E-state index in [0.29, 0.717) is 18.1 Å². The van der Waals surface area contributed by atoms with Crippen molar-refractivity contribution in [3.05, 3.63) is 102 Å². The van der Waals surface area contributed by atoms with Gasteiger partial charge in [0.1, 0.15) is 29.6 Å². The Morgan fingerprint density at radius 3 is 2.41 bits per heavy atom. The van der Waals surface area contributed by atoms with Crippen LogP contribution in [0.3, 0.4) is 0 Å². The lowest BCUT2D eigenvalue weighted by Crippen LogP contribution is -2.10. The number of hydrogen-bond acceptors (Lipinski definition) is 5. The second-order valence-electron chi connectivity index (χ2n) is 6.10. The van der Waals surface area contributed by atoms with Crippen molar-refractivity contribution < 1.29 is 18.7 Å². The summed E-state index contributed by atoms with van der Waals surface area (Å²) in [5.74, 6) is -0.0689. The number of rotatable bonds is 6. The van der Waals surface area contributed by atoms with E-state index in [1.165, 1.54) is 23.0 Å². The van der Waals surface area contributed by atoms with Gasteiger partial charge in [0, 0.05) is 18.6 Å². The van der Waals surface area contributed by atoms with E-state index in [1.54, 1.807) is 54.9 Å². The lowest BCUT2D eigenvalue weighted by atomic mass is 10.3. The van der Waals surface area contributed by atoms with Crippen LogP contribution in [0.15, 0.2) is 85.3 Å². The molecule has 144 valence electrons. The predicted octanol–water partition coefficient (Wildman–Crippen LogP) is 4.20. The average molecular weight is 389 g/mol. The number of hydrogen-bond donors (Lipinski definition) is 0. The summed E-state index contributed by atoms with van der Waals surface area (Å²) in [6, 6.07) is 18.1. The van der Waals surface area contributed by atoms with Crippen molar-refractivity contribution in [2.24, 2.45) is 0 Å². The third-order valence-electron chi connectivity index (χ3n) is 4.09. The highest BCUT2D eigenvalue weighted by atomic mass is 19.1. The van der Waals surface area contributed by atoms with E-state index < -0.39 is 11.8 Å². The Kier molecular flexibility index (Phi) is 5.29. The Morgan fingerprint density at radius 2 is 1.66 bits per heavy atom. The zero-order valence-corrected chi connectivity index (χ0v) is 15.2. The Labute approximate surface area is 166 Å². The number of carbonyl (C=O) groups excluding carboxylic acids is 1. The van der Waals surface area contributed by atoms with E-state index in [2.05, 4.69) is 10.1 Å². The maximum Gasteiger partial charge on any atom is 0.364 e. The smallest absolute Gasteiger partial charge is 0.364 e. The van der Waals surface area contributed by atoms with Gasteiger partial charge in [0.05, 0.1) is 0 Å². The van der Waals surface area contributed by atoms with Crippen LogP contribution >= 0.6 is 0 Å². The summed E-state index contributed by atoms with van der Waals surface area (Å²) in [5.41, 5.74) is 1.33. The summed E-state index contributed by atoms with van der Waals surface area (Å²) in [6.07, 6.45) is 4.91. The first kappa shape index (κ1) is 18.4. The van der Waals surface area contributed by atoms with Gasteiger partial charge in [0.2, 0.25) is 0 Å². The number of nitrogens with zero attached hydrogens (tertiary/aromatic N) is 3. The van der Waals surface area contributed by atoms with Crippen molar-refractivity contribution in [2.45, 2.75) is 6.61 Å². The SMILES string of the molecule is O=C(Oc1ccc(OCc2ccncc2)cc1)c1ccn(-c2ccccc2F)n1. The number of pyridine rings is 1. The minimum Gasteiger partial charge on any atom is -0.489 e. The highest BCUT2D eigenvalue weighted by Crippen LogP contribution is 2.20. The Bertz CT molecular complexity index is 1110. The molecule has 0 aliphatic heterocycles. The molecule has 4 rings (SSSR count). The molecule has 0 aliphatic rings. The molecular formula is C22H16FN3O3. The first-order valence-corrected chi connectivity index (χ1v) is 8.83. The molecule has 0 fully saturated rings. The van der Waals surface area contributed by atoms with Crippen LogP contribution < -0.4 is 9.47 Å². The van der Waals surface area contributed by atoms with Crippen LogP contribution in [0.4, 0.5) is 4.39 Å². The van der Waals surface area contributed by atoms with E-state index in [9.17, 15) is 9.18 Å². The quantitative estimate of drug-likeness (QED) is 0.365. The normalized spacial score (nSPS) is 10.5. The molecule has 4 aromatic rings. The van der Waals surface area contributed by atoms with Gasteiger partial charge in [-0.15, -0.1) is 0 Å². The molecule has 0 aliphatic carbocycles. The molecular weight excluding hydrogens is 373 g/mol. The van der Waals surface area contributed by atoms with Gasteiger partial charge >= 0.3 is 5.97 Å². The predicted molar refractivity (Wildman–Crippen MR) is 103 cm³/mol. The van der Waals surface area contributed by atoms with Crippen molar-refractivity contribution in [1.29, 1.82) is 0 Å². The summed E-state index contributed by atoms with van der Waals surface area (Å²) < 4.78 is 26.1. The maximum absolute atomic E-state index is 13.8. The van der Waals surface area contributed by atoms with Gasteiger partial charge in [-0.25, -0.2) is 13.9 Å². The Morgan fingerprint density at radius 1 is 0.931 bits per heavy atom. The number of carbonyl (C=O) groups is 1. The molecule has 0 saturated carbocycles. The number of aromatic nitrogens is 3. The van der Waals surface area contributed by atoms with Crippen molar-refractivity contribution in [2.75, 3.05) is 0 Å². The van der Waals surface area contributed by atoms with Gasteiger partial charge in [0.15, 0.2) is 5.69 Å². The molecule has 29 heavy (non-hydrogen) atoms. The number of ether oxygens (including phenoxy) is 2. The van der Waals surface area contributed by atoms with Crippen LogP contribution in [0.2, 0.25) is 0 Å². The van der Waals surface area contributed by atoms with Crippen LogP contribution in [0, 0.1) is 5.82 Å². The summed E-state index contributed by atoms with van der Waals surface area (Å²) >= 11 is 0. The van der Waals surface area contributed by atoms with Crippen LogP contribution in [0.25, 0.3) is 5.69 Å². The highest BCUT2D eigenvalue weighted by Gasteiger charge is 2.14. The van der Waals surface area contributed by atoms with Gasteiger partial charge in [-0.1, -0.05) is 12.1 Å². The first-order valence-electron chi connectivity index (χ1n) is 8.83. The molecule has 0 saturated heterocycles. The second kappa shape index (κ2) is 8.35. The molecule has 2 aromatic heterocycles. The highest BCUT2D eigenvalue weighted by molar-refractivity contribution is 5.88. The van der Waals surface area contributed by atoms with Crippen LogP contribution in [-0.2, 0) is 6.61 Å². The lowest BCUT2D eigenvalue weighted by molar-refractivity contribution is 0.0728. The van der Waals surface area contributed by atoms with E-state index in [-0.39, 0.29) is 11.4 Å². The van der Waals surface area contributed by atoms with Gasteiger partial charge in [-0.2, -0.15) is 5.10 Å². The zero-order valence-electron chi connectivity index (χ0n) is 15.2.